The summed E-state index contributed by atoms with van der Waals surface area (Å²) in [7, 11) is -3.71. The van der Waals surface area contributed by atoms with E-state index in [2.05, 4.69) is 20.5 Å². The molecule has 3 fully saturated rings. The second-order valence-electron chi connectivity index (χ2n) is 10.1. The van der Waals surface area contributed by atoms with Gasteiger partial charge in [0, 0.05) is 47.5 Å². The lowest BCUT2D eigenvalue weighted by Gasteiger charge is -2.29. The SMILES string of the molecule is Cc1csc(S(=O)(=O)C2(c3cc(N4CCOCC4)nc(-c4ccc(NC(=O)NC5CCC5)cc4)n3)CC2)n1. The van der Waals surface area contributed by atoms with Gasteiger partial charge in [0.1, 0.15) is 10.6 Å². The molecule has 10 nitrogen and oxygen atoms in total. The summed E-state index contributed by atoms with van der Waals surface area (Å²) in [6, 6.07) is 9.17. The molecule has 1 saturated heterocycles. The summed E-state index contributed by atoms with van der Waals surface area (Å²) >= 11 is 1.16. The Morgan fingerprint density at radius 3 is 2.45 bits per heavy atom. The van der Waals surface area contributed by atoms with Crippen LogP contribution in [-0.2, 0) is 19.3 Å². The lowest BCUT2D eigenvalue weighted by Crippen LogP contribution is -2.41. The average Bonchev–Trinajstić information content (AvgIpc) is 3.62. The summed E-state index contributed by atoms with van der Waals surface area (Å²) in [6.45, 7) is 4.30. The Bertz CT molecular complexity index is 1440. The van der Waals surface area contributed by atoms with Crippen molar-refractivity contribution >= 4 is 38.7 Å². The number of urea groups is 1. The van der Waals surface area contributed by atoms with Crippen molar-refractivity contribution in [3.63, 3.8) is 0 Å². The normalized spacial score (nSPS) is 19.0. The van der Waals surface area contributed by atoms with E-state index in [4.69, 9.17) is 14.7 Å². The standard InChI is InChI=1S/C26H30N6O4S2/c1-17-16-37-25(27-17)38(34,35)26(9-10-26)21-15-22(32-11-13-36-14-12-32)31-23(30-21)18-5-7-20(8-6-18)29-24(33)28-19-3-2-4-19/h5-8,15-16,19H,2-4,9-14H2,1H3,(H2,28,29,33). The number of anilines is 2. The van der Waals surface area contributed by atoms with E-state index in [0.29, 0.717) is 67.9 Å². The van der Waals surface area contributed by atoms with Crippen molar-refractivity contribution in [3.05, 3.63) is 47.1 Å². The second kappa shape index (κ2) is 9.90. The van der Waals surface area contributed by atoms with Crippen LogP contribution >= 0.6 is 11.3 Å². The molecule has 0 unspecified atom stereocenters. The van der Waals surface area contributed by atoms with Crippen LogP contribution in [-0.4, -0.2) is 61.7 Å². The third-order valence-corrected chi connectivity index (χ3v) is 11.3. The van der Waals surface area contributed by atoms with Crippen LogP contribution in [0.5, 0.6) is 0 Å². The molecule has 38 heavy (non-hydrogen) atoms. The number of rotatable bonds is 7. The van der Waals surface area contributed by atoms with Crippen molar-refractivity contribution in [2.75, 3.05) is 36.5 Å². The van der Waals surface area contributed by atoms with Crippen molar-refractivity contribution in [3.8, 4) is 11.4 Å². The molecule has 2 saturated carbocycles. The fourth-order valence-electron chi connectivity index (χ4n) is 4.76. The molecule has 0 bridgehead atoms. The topological polar surface area (TPSA) is 126 Å². The molecular weight excluding hydrogens is 524 g/mol. The van der Waals surface area contributed by atoms with Gasteiger partial charge in [-0.3, -0.25) is 0 Å². The Morgan fingerprint density at radius 2 is 1.84 bits per heavy atom. The van der Waals surface area contributed by atoms with E-state index in [1.807, 2.05) is 30.3 Å². The Kier molecular flexibility index (Phi) is 6.57. The van der Waals surface area contributed by atoms with Crippen molar-refractivity contribution < 1.29 is 17.9 Å². The van der Waals surface area contributed by atoms with Crippen LogP contribution < -0.4 is 15.5 Å². The van der Waals surface area contributed by atoms with E-state index in [-0.39, 0.29) is 16.4 Å². The van der Waals surface area contributed by atoms with Crippen molar-refractivity contribution in [1.29, 1.82) is 0 Å². The van der Waals surface area contributed by atoms with Crippen LogP contribution in [0.15, 0.2) is 40.1 Å². The third-order valence-electron chi connectivity index (χ3n) is 7.40. The molecule has 0 radical (unpaired) electrons. The number of aromatic nitrogens is 3. The maximum absolute atomic E-state index is 13.7. The Balaban J connectivity index is 1.33. The van der Waals surface area contributed by atoms with Gasteiger partial charge in [-0.1, -0.05) is 0 Å². The van der Waals surface area contributed by atoms with E-state index in [1.54, 1.807) is 12.3 Å². The van der Waals surface area contributed by atoms with Gasteiger partial charge in [0.25, 0.3) is 0 Å². The molecule has 1 aromatic carbocycles. The molecule has 3 aromatic rings. The van der Waals surface area contributed by atoms with E-state index in [9.17, 15) is 13.2 Å². The number of hydrogen-bond acceptors (Lipinski definition) is 9. The summed E-state index contributed by atoms with van der Waals surface area (Å²) in [6.07, 6.45) is 4.17. The van der Waals surface area contributed by atoms with Gasteiger partial charge in [-0.05, 0) is 63.3 Å². The number of nitrogens with zero attached hydrogens (tertiary/aromatic N) is 4. The smallest absolute Gasteiger partial charge is 0.319 e. The highest BCUT2D eigenvalue weighted by Crippen LogP contribution is 2.55. The van der Waals surface area contributed by atoms with Gasteiger partial charge in [-0.25, -0.2) is 28.2 Å². The van der Waals surface area contributed by atoms with Crippen LogP contribution in [0.4, 0.5) is 16.3 Å². The highest BCUT2D eigenvalue weighted by Gasteiger charge is 2.59. The molecule has 2 amide bonds. The van der Waals surface area contributed by atoms with Crippen molar-refractivity contribution in [2.24, 2.45) is 0 Å². The van der Waals surface area contributed by atoms with Crippen LogP contribution in [0, 0.1) is 6.92 Å². The predicted octanol–water partition coefficient (Wildman–Crippen LogP) is 3.88. The number of nitrogens with one attached hydrogen (secondary N) is 2. The van der Waals surface area contributed by atoms with Gasteiger partial charge in [-0.2, -0.15) is 0 Å². The molecule has 12 heteroatoms. The Hall–Kier alpha value is -3.09. The maximum atomic E-state index is 13.7. The number of sulfone groups is 1. The quantitative estimate of drug-likeness (QED) is 0.451. The number of morpholine rings is 1. The largest absolute Gasteiger partial charge is 0.378 e. The minimum Gasteiger partial charge on any atom is -0.378 e. The zero-order valence-corrected chi connectivity index (χ0v) is 22.8. The van der Waals surface area contributed by atoms with Gasteiger partial charge in [0.05, 0.1) is 18.9 Å². The molecule has 1 aliphatic heterocycles. The summed E-state index contributed by atoms with van der Waals surface area (Å²) < 4.78 is 32.0. The Labute approximate surface area is 225 Å². The zero-order chi connectivity index (χ0) is 26.3. The van der Waals surface area contributed by atoms with Crippen LogP contribution in [0.2, 0.25) is 0 Å². The highest BCUT2D eigenvalue weighted by atomic mass is 32.2. The third kappa shape index (κ3) is 4.76. The first-order valence-electron chi connectivity index (χ1n) is 12.9. The summed E-state index contributed by atoms with van der Waals surface area (Å²) in [5, 5.41) is 7.59. The lowest BCUT2D eigenvalue weighted by atomic mass is 9.93. The second-order valence-corrected chi connectivity index (χ2v) is 13.4. The molecule has 3 aliphatic rings. The van der Waals surface area contributed by atoms with Crippen LogP contribution in [0.3, 0.4) is 0 Å². The number of benzene rings is 1. The molecule has 0 atom stereocenters. The number of hydrogen-bond donors (Lipinski definition) is 2. The van der Waals surface area contributed by atoms with E-state index >= 15 is 0 Å². The Morgan fingerprint density at radius 1 is 1.11 bits per heavy atom. The molecule has 2 N–H and O–H groups in total. The summed E-state index contributed by atoms with van der Waals surface area (Å²) in [4.78, 5) is 28.3. The minimum absolute atomic E-state index is 0.135. The monoisotopic (exact) mass is 554 g/mol. The number of aryl methyl sites for hydroxylation is 1. The van der Waals surface area contributed by atoms with Gasteiger partial charge in [0.2, 0.25) is 14.2 Å². The van der Waals surface area contributed by atoms with E-state index in [1.165, 1.54) is 0 Å². The van der Waals surface area contributed by atoms with Gasteiger partial charge in [-0.15, -0.1) is 11.3 Å². The number of amides is 2. The van der Waals surface area contributed by atoms with E-state index in [0.717, 1.165) is 36.2 Å². The van der Waals surface area contributed by atoms with Crippen LogP contribution in [0.1, 0.15) is 43.5 Å². The molecule has 2 aromatic heterocycles. The first-order valence-corrected chi connectivity index (χ1v) is 15.3. The molecule has 6 rings (SSSR count). The molecule has 3 heterocycles. The van der Waals surface area contributed by atoms with Crippen molar-refractivity contribution in [2.45, 2.75) is 54.2 Å². The van der Waals surface area contributed by atoms with Gasteiger partial charge >= 0.3 is 6.03 Å². The number of thiazole rings is 1. The minimum atomic E-state index is -3.71. The zero-order valence-electron chi connectivity index (χ0n) is 21.1. The molecule has 2 aliphatic carbocycles. The maximum Gasteiger partial charge on any atom is 0.319 e. The number of carbonyl (C=O) groups excluding carboxylic acids is 1. The number of ether oxygens (including phenoxy) is 1. The van der Waals surface area contributed by atoms with Crippen LogP contribution in [0.25, 0.3) is 11.4 Å². The molecule has 0 spiro atoms. The fraction of sp³-hybridized carbons (Fsp3) is 0.462. The summed E-state index contributed by atoms with van der Waals surface area (Å²) in [5.41, 5.74) is 2.59. The average molecular weight is 555 g/mol. The van der Waals surface area contributed by atoms with Gasteiger partial charge in [0.15, 0.2) is 5.82 Å². The molecule has 200 valence electrons. The first-order chi connectivity index (χ1) is 18.3. The number of carbonyl (C=O) groups is 1. The predicted molar refractivity (Wildman–Crippen MR) is 145 cm³/mol. The highest BCUT2D eigenvalue weighted by molar-refractivity contribution is 7.94. The summed E-state index contributed by atoms with van der Waals surface area (Å²) in [5.74, 6) is 1.14. The lowest BCUT2D eigenvalue weighted by molar-refractivity contribution is 0.122. The fourth-order valence-corrected chi connectivity index (χ4v) is 8.03. The van der Waals surface area contributed by atoms with Gasteiger partial charge < -0.3 is 20.3 Å². The van der Waals surface area contributed by atoms with E-state index < -0.39 is 14.6 Å². The molecular formula is C26H30N6O4S2. The first kappa shape index (κ1) is 25.2. The van der Waals surface area contributed by atoms with Crippen molar-refractivity contribution in [1.82, 2.24) is 20.3 Å².